The molecule has 0 fully saturated rings. The molecule has 2 aliphatic rings. The number of hydrogen-bond acceptors (Lipinski definition) is 5. The fourth-order valence-electron chi connectivity index (χ4n) is 3.67. The summed E-state index contributed by atoms with van der Waals surface area (Å²) in [5.74, 6) is 1.56. The number of amides is 2. The number of urea groups is 1. The molecule has 0 spiro atoms. The third-order valence-electron chi connectivity index (χ3n) is 4.99. The second kappa shape index (κ2) is 6.86. The van der Waals surface area contributed by atoms with E-state index in [0.29, 0.717) is 16.3 Å². The Morgan fingerprint density at radius 2 is 2.14 bits per heavy atom. The second-order valence-corrected chi connectivity index (χ2v) is 7.90. The summed E-state index contributed by atoms with van der Waals surface area (Å²) in [5, 5.41) is 3.64. The monoisotopic (exact) mass is 403 g/mol. The van der Waals surface area contributed by atoms with E-state index < -0.39 is 0 Å². The number of anilines is 3. The number of aryl methyl sites for hydroxylation is 1. The van der Waals surface area contributed by atoms with Crippen molar-refractivity contribution in [3.63, 3.8) is 0 Å². The molecule has 0 atom stereocenters. The summed E-state index contributed by atoms with van der Waals surface area (Å²) >= 11 is 1.27. The van der Waals surface area contributed by atoms with E-state index >= 15 is 0 Å². The number of rotatable bonds is 4. The summed E-state index contributed by atoms with van der Waals surface area (Å²) in [7, 11) is 0. The molecule has 0 unspecified atom stereocenters. The van der Waals surface area contributed by atoms with Gasteiger partial charge in [0.15, 0.2) is 6.29 Å². The fraction of sp³-hybridized carbons (Fsp3) is 0.136. The van der Waals surface area contributed by atoms with Crippen LogP contribution in [0.25, 0.3) is 10.2 Å². The molecule has 1 aliphatic carbocycles. The summed E-state index contributed by atoms with van der Waals surface area (Å²) in [4.78, 5) is 31.5. The molecular formula is C22H17N3O3S. The molecule has 2 aromatic heterocycles. The van der Waals surface area contributed by atoms with Crippen molar-refractivity contribution in [2.24, 2.45) is 0 Å². The molecule has 0 radical (unpaired) electrons. The zero-order chi connectivity index (χ0) is 20.0. The number of aromatic nitrogens is 1. The summed E-state index contributed by atoms with van der Waals surface area (Å²) in [5.41, 5.74) is 2.91. The predicted octanol–water partition coefficient (Wildman–Crippen LogP) is 5.71. The van der Waals surface area contributed by atoms with Crippen molar-refractivity contribution in [1.29, 1.82) is 0 Å². The maximum absolute atomic E-state index is 13.0. The van der Waals surface area contributed by atoms with Crippen molar-refractivity contribution < 1.29 is 14.3 Å². The van der Waals surface area contributed by atoms with Crippen LogP contribution in [0.15, 0.2) is 54.4 Å². The van der Waals surface area contributed by atoms with Gasteiger partial charge in [-0.15, -0.1) is 11.3 Å². The summed E-state index contributed by atoms with van der Waals surface area (Å²) in [6.45, 7) is 1.94. The average Bonchev–Trinajstić information content (AvgIpc) is 3.09. The number of ether oxygens (including phenoxy) is 1. The Kier molecular flexibility index (Phi) is 4.17. The van der Waals surface area contributed by atoms with Crippen LogP contribution in [0.4, 0.5) is 21.9 Å². The molecule has 1 N–H and O–H groups in total. The fourth-order valence-corrected chi connectivity index (χ4v) is 4.61. The lowest BCUT2D eigenvalue weighted by Gasteiger charge is -2.29. The largest absolute Gasteiger partial charge is 0.458 e. The van der Waals surface area contributed by atoms with Gasteiger partial charge in [0.1, 0.15) is 16.3 Å². The normalized spacial score (nSPS) is 15.3. The lowest BCUT2D eigenvalue weighted by Crippen LogP contribution is -2.34. The SMILES string of the molecule is Cc1cc(OC2=CCCC=C2)ccc1N1C(=O)Nc2c(C=O)sc3nccc1c23. The zero-order valence-corrected chi connectivity index (χ0v) is 16.5. The number of pyridine rings is 1. The zero-order valence-electron chi connectivity index (χ0n) is 15.6. The van der Waals surface area contributed by atoms with E-state index in [4.69, 9.17) is 4.74 Å². The van der Waals surface area contributed by atoms with Crippen molar-refractivity contribution >= 4 is 50.9 Å². The lowest BCUT2D eigenvalue weighted by atomic mass is 10.1. The molecular weight excluding hydrogens is 386 g/mol. The van der Waals surface area contributed by atoms with Gasteiger partial charge < -0.3 is 10.1 Å². The minimum Gasteiger partial charge on any atom is -0.458 e. The number of carbonyl (C=O) groups is 2. The van der Waals surface area contributed by atoms with Crippen molar-refractivity contribution in [3.05, 3.63) is 64.9 Å². The maximum Gasteiger partial charge on any atom is 0.331 e. The molecule has 1 aromatic carbocycles. The van der Waals surface area contributed by atoms with Crippen LogP contribution in [-0.4, -0.2) is 17.3 Å². The molecule has 144 valence electrons. The van der Waals surface area contributed by atoms with Gasteiger partial charge >= 0.3 is 6.03 Å². The highest BCUT2D eigenvalue weighted by atomic mass is 32.1. The van der Waals surface area contributed by atoms with Gasteiger partial charge in [-0.2, -0.15) is 0 Å². The number of allylic oxidation sites excluding steroid dienone is 3. The number of nitrogens with zero attached hydrogens (tertiary/aromatic N) is 2. The van der Waals surface area contributed by atoms with Gasteiger partial charge in [0.25, 0.3) is 0 Å². The topological polar surface area (TPSA) is 71.5 Å². The molecule has 6 nitrogen and oxygen atoms in total. The summed E-state index contributed by atoms with van der Waals surface area (Å²) in [6, 6.07) is 7.15. The average molecular weight is 403 g/mol. The van der Waals surface area contributed by atoms with Crippen LogP contribution in [0.3, 0.4) is 0 Å². The quantitative estimate of drug-likeness (QED) is 0.566. The molecule has 3 heterocycles. The van der Waals surface area contributed by atoms with Gasteiger partial charge in [-0.1, -0.05) is 6.08 Å². The van der Waals surface area contributed by atoms with Crippen LogP contribution in [0, 0.1) is 6.92 Å². The number of aldehydes is 1. The van der Waals surface area contributed by atoms with Crippen molar-refractivity contribution in [3.8, 4) is 5.75 Å². The Bertz CT molecular complexity index is 1230. The Hall–Kier alpha value is -3.45. The molecule has 5 rings (SSSR count). The highest BCUT2D eigenvalue weighted by Crippen LogP contribution is 2.45. The third-order valence-corrected chi connectivity index (χ3v) is 6.01. The third kappa shape index (κ3) is 2.91. The first-order valence-corrected chi connectivity index (χ1v) is 10.1. The number of thiophene rings is 1. The van der Waals surface area contributed by atoms with E-state index in [0.717, 1.165) is 52.1 Å². The lowest BCUT2D eigenvalue weighted by molar-refractivity contribution is 0.112. The standard InChI is InChI=1S/C22H17N3O3S/c1-13-11-15(28-14-5-3-2-4-6-14)7-8-16(13)25-17-9-10-23-21-19(17)20(24-22(25)27)18(12-26)29-21/h3,5-12H,2,4H2,1H3,(H,24,27). The van der Waals surface area contributed by atoms with Crippen LogP contribution < -0.4 is 15.0 Å². The Labute approximate surface area is 171 Å². The molecule has 3 aromatic rings. The minimum atomic E-state index is -0.304. The van der Waals surface area contributed by atoms with Gasteiger partial charge in [0, 0.05) is 6.20 Å². The first kappa shape index (κ1) is 17.6. The number of nitrogens with one attached hydrogen (secondary N) is 1. The Balaban J connectivity index is 1.56. The first-order valence-electron chi connectivity index (χ1n) is 9.28. The van der Waals surface area contributed by atoms with E-state index in [-0.39, 0.29) is 6.03 Å². The number of benzene rings is 1. The number of carbonyl (C=O) groups excluding carboxylic acids is 2. The van der Waals surface area contributed by atoms with Crippen LogP contribution >= 0.6 is 11.3 Å². The van der Waals surface area contributed by atoms with Crippen LogP contribution in [0.2, 0.25) is 0 Å². The molecule has 7 heteroatoms. The van der Waals surface area contributed by atoms with E-state index in [1.54, 1.807) is 17.2 Å². The highest BCUT2D eigenvalue weighted by Gasteiger charge is 2.31. The summed E-state index contributed by atoms with van der Waals surface area (Å²) < 4.78 is 5.95. The minimum absolute atomic E-state index is 0.304. The Morgan fingerprint density at radius 1 is 1.24 bits per heavy atom. The molecule has 0 saturated heterocycles. The van der Waals surface area contributed by atoms with Crippen LogP contribution in [0.5, 0.6) is 5.75 Å². The maximum atomic E-state index is 13.0. The van der Waals surface area contributed by atoms with E-state index in [9.17, 15) is 9.59 Å². The molecule has 0 saturated carbocycles. The molecule has 1 aliphatic heterocycles. The van der Waals surface area contributed by atoms with Crippen molar-refractivity contribution in [2.75, 3.05) is 10.2 Å². The van der Waals surface area contributed by atoms with Crippen LogP contribution in [0.1, 0.15) is 28.1 Å². The molecule has 2 amide bonds. The van der Waals surface area contributed by atoms with Gasteiger partial charge in [-0.3, -0.25) is 9.69 Å². The predicted molar refractivity (Wildman–Crippen MR) is 114 cm³/mol. The van der Waals surface area contributed by atoms with Crippen molar-refractivity contribution in [2.45, 2.75) is 19.8 Å². The first-order chi connectivity index (χ1) is 14.2. The second-order valence-electron chi connectivity index (χ2n) is 6.87. The molecule has 29 heavy (non-hydrogen) atoms. The smallest absolute Gasteiger partial charge is 0.331 e. The van der Waals surface area contributed by atoms with E-state index in [2.05, 4.69) is 22.5 Å². The van der Waals surface area contributed by atoms with Gasteiger partial charge in [0.2, 0.25) is 0 Å². The van der Waals surface area contributed by atoms with Gasteiger partial charge in [-0.25, -0.2) is 9.78 Å². The summed E-state index contributed by atoms with van der Waals surface area (Å²) in [6.07, 6.45) is 10.6. The number of hydrogen-bond donors (Lipinski definition) is 1. The molecule has 0 bridgehead atoms. The van der Waals surface area contributed by atoms with Gasteiger partial charge in [-0.05, 0) is 61.7 Å². The van der Waals surface area contributed by atoms with Crippen LogP contribution in [-0.2, 0) is 0 Å². The van der Waals surface area contributed by atoms with Crippen molar-refractivity contribution in [1.82, 2.24) is 4.98 Å². The van der Waals surface area contributed by atoms with E-state index in [1.165, 1.54) is 11.3 Å². The Morgan fingerprint density at radius 3 is 2.90 bits per heavy atom. The highest BCUT2D eigenvalue weighted by molar-refractivity contribution is 7.21. The van der Waals surface area contributed by atoms with Gasteiger partial charge in [0.05, 0.1) is 27.3 Å². The van der Waals surface area contributed by atoms with E-state index in [1.807, 2.05) is 31.2 Å².